The minimum absolute atomic E-state index is 0.137. The van der Waals surface area contributed by atoms with Gasteiger partial charge < -0.3 is 5.32 Å². The van der Waals surface area contributed by atoms with Crippen molar-refractivity contribution < 1.29 is 0 Å². The lowest BCUT2D eigenvalue weighted by Gasteiger charge is -2.18. The molecule has 0 fully saturated rings. The molecule has 0 aliphatic carbocycles. The van der Waals surface area contributed by atoms with Crippen LogP contribution in [-0.2, 0) is 12.0 Å². The van der Waals surface area contributed by atoms with Crippen LogP contribution in [-0.4, -0.2) is 15.0 Å². The Bertz CT molecular complexity index is 485. The normalized spacial score (nSPS) is 11.3. The van der Waals surface area contributed by atoms with E-state index < -0.39 is 0 Å². The number of nitrogens with zero attached hydrogens (tertiary/aromatic N) is 3. The van der Waals surface area contributed by atoms with E-state index in [0.717, 1.165) is 11.5 Å². The van der Waals surface area contributed by atoms with Crippen LogP contribution in [0.15, 0.2) is 36.9 Å². The van der Waals surface area contributed by atoms with Gasteiger partial charge in [0.15, 0.2) is 0 Å². The average Bonchev–Trinajstić information content (AvgIpc) is 2.37. The Morgan fingerprint density at radius 2 is 1.94 bits per heavy atom. The van der Waals surface area contributed by atoms with Crippen LogP contribution in [0, 0.1) is 0 Å². The fraction of sp³-hybridized carbons (Fsp3) is 0.357. The lowest BCUT2D eigenvalue weighted by Crippen LogP contribution is -2.12. The zero-order valence-electron chi connectivity index (χ0n) is 11.0. The van der Waals surface area contributed by atoms with E-state index in [4.69, 9.17) is 0 Å². The highest BCUT2D eigenvalue weighted by Gasteiger charge is 2.13. The third-order valence-corrected chi connectivity index (χ3v) is 2.72. The predicted octanol–water partition coefficient (Wildman–Crippen LogP) is 2.78. The van der Waals surface area contributed by atoms with Crippen molar-refractivity contribution in [3.8, 4) is 0 Å². The van der Waals surface area contributed by atoms with E-state index in [1.807, 2.05) is 18.3 Å². The molecule has 0 spiro atoms. The maximum Gasteiger partial charge on any atom is 0.126 e. The molecule has 0 aliphatic heterocycles. The van der Waals surface area contributed by atoms with Gasteiger partial charge in [0, 0.05) is 12.4 Å². The lowest BCUT2D eigenvalue weighted by atomic mass is 9.88. The molecule has 0 saturated heterocycles. The number of nitrogens with one attached hydrogen (secondary N) is 1. The second kappa shape index (κ2) is 5.12. The number of pyridine rings is 1. The molecule has 0 saturated carbocycles. The van der Waals surface area contributed by atoms with Gasteiger partial charge in [0.05, 0.1) is 12.2 Å². The van der Waals surface area contributed by atoms with Crippen LogP contribution in [0.3, 0.4) is 0 Å². The maximum absolute atomic E-state index is 4.41. The zero-order valence-corrected chi connectivity index (χ0v) is 11.0. The summed E-state index contributed by atoms with van der Waals surface area (Å²) in [5.74, 6) is 0.863. The summed E-state index contributed by atoms with van der Waals surface area (Å²) in [6, 6.07) is 5.99. The highest BCUT2D eigenvalue weighted by Crippen LogP contribution is 2.21. The van der Waals surface area contributed by atoms with E-state index >= 15 is 0 Å². The van der Waals surface area contributed by atoms with Gasteiger partial charge in [0.2, 0.25) is 0 Å². The summed E-state index contributed by atoms with van der Waals surface area (Å²) in [5.41, 5.74) is 2.32. The molecule has 0 amide bonds. The summed E-state index contributed by atoms with van der Waals surface area (Å²) in [6.07, 6.45) is 5.20. The number of hydrogen-bond acceptors (Lipinski definition) is 4. The minimum atomic E-state index is 0.137. The van der Waals surface area contributed by atoms with Crippen LogP contribution in [0.25, 0.3) is 0 Å². The number of hydrogen-bond donors (Lipinski definition) is 1. The molecule has 2 rings (SSSR count). The van der Waals surface area contributed by atoms with E-state index in [-0.39, 0.29) is 5.41 Å². The quantitative estimate of drug-likeness (QED) is 0.899. The van der Waals surface area contributed by atoms with E-state index in [9.17, 15) is 0 Å². The van der Waals surface area contributed by atoms with Crippen molar-refractivity contribution in [1.29, 1.82) is 0 Å². The van der Waals surface area contributed by atoms with E-state index in [1.165, 1.54) is 5.56 Å². The second-order valence-corrected chi connectivity index (χ2v) is 5.24. The van der Waals surface area contributed by atoms with Gasteiger partial charge in [-0.25, -0.2) is 15.0 Å². The van der Waals surface area contributed by atoms with Crippen molar-refractivity contribution in [2.45, 2.75) is 32.7 Å². The number of rotatable bonds is 3. The van der Waals surface area contributed by atoms with Gasteiger partial charge in [-0.3, -0.25) is 0 Å². The average molecular weight is 242 g/mol. The molecule has 0 atom stereocenters. The SMILES string of the molecule is CC(C)(C)c1ccc(NCc2ccncn2)nc1. The Hall–Kier alpha value is -1.97. The van der Waals surface area contributed by atoms with Gasteiger partial charge in [0.1, 0.15) is 12.1 Å². The van der Waals surface area contributed by atoms with Crippen LogP contribution in [0.5, 0.6) is 0 Å². The molecule has 2 aromatic rings. The third-order valence-electron chi connectivity index (χ3n) is 2.72. The van der Waals surface area contributed by atoms with Gasteiger partial charge in [-0.05, 0) is 23.1 Å². The van der Waals surface area contributed by atoms with Crippen molar-refractivity contribution in [2.75, 3.05) is 5.32 Å². The Balaban J connectivity index is 1.99. The Labute approximate surface area is 108 Å². The molecule has 0 aromatic carbocycles. The molecule has 2 aromatic heterocycles. The fourth-order valence-corrected chi connectivity index (χ4v) is 1.55. The third kappa shape index (κ3) is 3.26. The fourth-order valence-electron chi connectivity index (χ4n) is 1.55. The largest absolute Gasteiger partial charge is 0.364 e. The first-order valence-electron chi connectivity index (χ1n) is 6.01. The first kappa shape index (κ1) is 12.5. The molecule has 0 aliphatic rings. The molecule has 18 heavy (non-hydrogen) atoms. The van der Waals surface area contributed by atoms with Crippen molar-refractivity contribution in [3.05, 3.63) is 48.2 Å². The highest BCUT2D eigenvalue weighted by molar-refractivity contribution is 5.37. The lowest BCUT2D eigenvalue weighted by molar-refractivity contribution is 0.587. The van der Waals surface area contributed by atoms with Crippen molar-refractivity contribution in [2.24, 2.45) is 0 Å². The van der Waals surface area contributed by atoms with Gasteiger partial charge in [-0.2, -0.15) is 0 Å². The van der Waals surface area contributed by atoms with Gasteiger partial charge in [0.25, 0.3) is 0 Å². The van der Waals surface area contributed by atoms with Crippen LogP contribution < -0.4 is 5.32 Å². The van der Waals surface area contributed by atoms with Gasteiger partial charge in [-0.1, -0.05) is 26.8 Å². The summed E-state index contributed by atoms with van der Waals surface area (Å²) in [4.78, 5) is 12.4. The Morgan fingerprint density at radius 3 is 2.50 bits per heavy atom. The van der Waals surface area contributed by atoms with Crippen LogP contribution in [0.2, 0.25) is 0 Å². The topological polar surface area (TPSA) is 50.7 Å². The Kier molecular flexibility index (Phi) is 3.55. The summed E-state index contributed by atoms with van der Waals surface area (Å²) < 4.78 is 0. The summed E-state index contributed by atoms with van der Waals surface area (Å²) in [7, 11) is 0. The standard InChI is InChI=1S/C14H18N4/c1-14(2,3)11-4-5-13(16-8-11)17-9-12-6-7-15-10-18-12/h4-8,10H,9H2,1-3H3,(H,16,17). The molecule has 0 radical (unpaired) electrons. The summed E-state index contributed by atoms with van der Waals surface area (Å²) in [6.45, 7) is 7.19. The molecular formula is C14H18N4. The van der Waals surface area contributed by atoms with Crippen molar-refractivity contribution in [1.82, 2.24) is 15.0 Å². The summed E-state index contributed by atoms with van der Waals surface area (Å²) in [5, 5.41) is 3.24. The second-order valence-electron chi connectivity index (χ2n) is 5.24. The number of anilines is 1. The molecule has 1 N–H and O–H groups in total. The monoisotopic (exact) mass is 242 g/mol. The van der Waals surface area contributed by atoms with Crippen LogP contribution in [0.4, 0.5) is 5.82 Å². The highest BCUT2D eigenvalue weighted by atomic mass is 15.0. The predicted molar refractivity (Wildman–Crippen MR) is 72.3 cm³/mol. The van der Waals surface area contributed by atoms with Crippen LogP contribution in [0.1, 0.15) is 32.0 Å². The maximum atomic E-state index is 4.41. The molecule has 4 heteroatoms. The first-order chi connectivity index (χ1) is 8.55. The molecule has 0 bridgehead atoms. The van der Waals surface area contributed by atoms with E-state index in [0.29, 0.717) is 6.54 Å². The van der Waals surface area contributed by atoms with Crippen LogP contribution >= 0.6 is 0 Å². The van der Waals surface area contributed by atoms with Crippen molar-refractivity contribution >= 4 is 5.82 Å². The number of aromatic nitrogens is 3. The molecule has 4 nitrogen and oxygen atoms in total. The Morgan fingerprint density at radius 1 is 1.11 bits per heavy atom. The molecule has 0 unspecified atom stereocenters. The molecular weight excluding hydrogens is 224 g/mol. The van der Waals surface area contributed by atoms with E-state index in [1.54, 1.807) is 12.5 Å². The molecule has 94 valence electrons. The van der Waals surface area contributed by atoms with Gasteiger partial charge >= 0.3 is 0 Å². The molecule has 2 heterocycles. The van der Waals surface area contributed by atoms with E-state index in [2.05, 4.69) is 47.1 Å². The summed E-state index contributed by atoms with van der Waals surface area (Å²) >= 11 is 0. The zero-order chi connectivity index (χ0) is 13.0. The van der Waals surface area contributed by atoms with Crippen molar-refractivity contribution in [3.63, 3.8) is 0 Å². The first-order valence-corrected chi connectivity index (χ1v) is 6.01. The van der Waals surface area contributed by atoms with Gasteiger partial charge in [-0.15, -0.1) is 0 Å². The smallest absolute Gasteiger partial charge is 0.126 e. The minimum Gasteiger partial charge on any atom is -0.364 e.